The summed E-state index contributed by atoms with van der Waals surface area (Å²) in [5, 5.41) is 30.6. The quantitative estimate of drug-likeness (QED) is 0.309. The number of aliphatic hydroxyl groups excluding tert-OH is 2. The molecule has 2 spiro atoms. The molecule has 2 saturated heterocycles. The number of imide groups is 1. The maximum atomic E-state index is 13.9. The summed E-state index contributed by atoms with van der Waals surface area (Å²) in [7, 11) is 9.02. The number of ether oxygens (including phenoxy) is 5. The van der Waals surface area contributed by atoms with Crippen LogP contribution in [0.1, 0.15) is 57.7 Å². The number of hydrogen-bond acceptors (Lipinski definition) is 13. The van der Waals surface area contributed by atoms with Gasteiger partial charge in [0.1, 0.15) is 22.8 Å². The first kappa shape index (κ1) is 38.2. The third kappa shape index (κ3) is 5.73. The van der Waals surface area contributed by atoms with Crippen LogP contribution in [0.4, 0.5) is 5.69 Å². The van der Waals surface area contributed by atoms with Crippen LogP contribution in [0.2, 0.25) is 0 Å². The van der Waals surface area contributed by atoms with Crippen LogP contribution in [0.5, 0.6) is 5.75 Å². The van der Waals surface area contributed by atoms with E-state index in [1.165, 1.54) is 6.92 Å². The fourth-order valence-corrected chi connectivity index (χ4v) is 9.27. The molecule has 2 fully saturated rings. The molecular weight excluding hydrogens is 672 g/mol. The lowest BCUT2D eigenvalue weighted by Gasteiger charge is -2.60. The van der Waals surface area contributed by atoms with Crippen molar-refractivity contribution in [2.24, 2.45) is 17.3 Å². The monoisotopic (exact) mass is 726 g/mol. The standard InChI is InChI=1S/C38H54N4O10/c1-20(43)40-34(47)29-31(45)30(42(8)9)25-17-21-16-24-26(41(6)7)18-22(15-23(44)19-39-35(2,3)4)32(48-10)28(24)37(49-11-12-50-37)27(21)33(46)36(25,5)38(29)51-13-14-52-38/h18,21,25,30,39,45-46H,11-17,19H2,1-10H3,(H,40,43,47)/t21-,25-,30-,36+/m0/s1. The molecule has 0 radical (unpaired) electrons. The number of amides is 2. The molecule has 14 nitrogen and oxygen atoms in total. The van der Waals surface area contributed by atoms with Crippen molar-refractivity contribution in [3.63, 3.8) is 0 Å². The van der Waals surface area contributed by atoms with Crippen LogP contribution in [0.15, 0.2) is 28.7 Å². The second-order valence-corrected chi connectivity index (χ2v) is 16.2. The van der Waals surface area contributed by atoms with E-state index in [4.69, 9.17) is 23.7 Å². The summed E-state index contributed by atoms with van der Waals surface area (Å²) in [6.45, 7) is 9.75. The number of likely N-dealkylation sites (N-methyl/N-ethyl adjacent to an activating group) is 1. The van der Waals surface area contributed by atoms with Crippen molar-refractivity contribution in [1.29, 1.82) is 0 Å². The number of hydrogen-bond donors (Lipinski definition) is 4. The van der Waals surface area contributed by atoms with Gasteiger partial charge >= 0.3 is 0 Å². The van der Waals surface area contributed by atoms with E-state index in [9.17, 15) is 24.6 Å². The van der Waals surface area contributed by atoms with E-state index in [1.54, 1.807) is 33.0 Å². The number of anilines is 1. The highest BCUT2D eigenvalue weighted by Gasteiger charge is 2.73. The predicted molar refractivity (Wildman–Crippen MR) is 191 cm³/mol. The Morgan fingerprint density at radius 3 is 2.17 bits per heavy atom. The smallest absolute Gasteiger partial charge is 0.262 e. The van der Waals surface area contributed by atoms with Gasteiger partial charge in [0.15, 0.2) is 5.78 Å². The molecule has 0 unspecified atom stereocenters. The maximum Gasteiger partial charge on any atom is 0.262 e. The van der Waals surface area contributed by atoms with E-state index < -0.39 is 40.8 Å². The first-order valence-electron chi connectivity index (χ1n) is 17.9. The molecule has 4 N–H and O–H groups in total. The highest BCUT2D eigenvalue weighted by Crippen LogP contribution is 2.67. The van der Waals surface area contributed by atoms with Gasteiger partial charge in [-0.1, -0.05) is 0 Å². The Balaban J connectivity index is 1.61. The number of carbonyl (C=O) groups is 3. The van der Waals surface area contributed by atoms with Gasteiger partial charge in [0.2, 0.25) is 17.5 Å². The minimum atomic E-state index is -1.96. The molecule has 52 heavy (non-hydrogen) atoms. The number of ketones is 1. The van der Waals surface area contributed by atoms with E-state index >= 15 is 0 Å². The molecule has 0 saturated carbocycles. The van der Waals surface area contributed by atoms with E-state index in [1.807, 2.05) is 45.8 Å². The average molecular weight is 727 g/mol. The molecule has 1 aromatic rings. The zero-order valence-corrected chi connectivity index (χ0v) is 32.0. The third-order valence-electron chi connectivity index (χ3n) is 11.3. The van der Waals surface area contributed by atoms with E-state index in [2.05, 4.69) is 10.6 Å². The highest BCUT2D eigenvalue weighted by molar-refractivity contribution is 6.05. The molecule has 2 amide bonds. The van der Waals surface area contributed by atoms with Gasteiger partial charge in [-0.15, -0.1) is 0 Å². The molecule has 1 aromatic carbocycles. The average Bonchev–Trinajstić information content (AvgIpc) is 3.73. The fourth-order valence-electron chi connectivity index (χ4n) is 9.27. The van der Waals surface area contributed by atoms with Crippen molar-refractivity contribution < 1.29 is 48.3 Å². The molecule has 286 valence electrons. The van der Waals surface area contributed by atoms with Crippen molar-refractivity contribution in [2.45, 2.75) is 77.0 Å². The van der Waals surface area contributed by atoms with Crippen LogP contribution in [0, 0.1) is 17.3 Å². The van der Waals surface area contributed by atoms with Gasteiger partial charge < -0.3 is 44.1 Å². The second kappa shape index (κ2) is 13.4. The van der Waals surface area contributed by atoms with Crippen molar-refractivity contribution in [1.82, 2.24) is 15.5 Å². The van der Waals surface area contributed by atoms with Gasteiger partial charge in [-0.3, -0.25) is 24.6 Å². The number of rotatable bonds is 8. The van der Waals surface area contributed by atoms with Crippen LogP contribution in [-0.2, 0) is 52.0 Å². The van der Waals surface area contributed by atoms with E-state index in [0.29, 0.717) is 35.3 Å². The number of fused-ring (bicyclic) bond motifs is 6. The molecule has 6 rings (SSSR count). The van der Waals surface area contributed by atoms with Crippen molar-refractivity contribution in [3.05, 3.63) is 45.4 Å². The van der Waals surface area contributed by atoms with Gasteiger partial charge in [-0.05, 0) is 72.2 Å². The van der Waals surface area contributed by atoms with Crippen LogP contribution < -0.4 is 20.3 Å². The minimum absolute atomic E-state index is 0.0266. The van der Waals surface area contributed by atoms with E-state index in [0.717, 1.165) is 11.3 Å². The zero-order chi connectivity index (χ0) is 38.1. The van der Waals surface area contributed by atoms with E-state index in [-0.39, 0.29) is 73.7 Å². The molecule has 4 atom stereocenters. The summed E-state index contributed by atoms with van der Waals surface area (Å²) in [6.07, 6.45) is 0.954. The van der Waals surface area contributed by atoms with Crippen LogP contribution in [-0.4, -0.2) is 118 Å². The SMILES string of the molecule is COc1c(CC(=O)CNC(C)(C)C)cc(N(C)C)c2c1C1(OCCO1)C1=C(O)[C@@]3(C)[C@@H](C[C@@H]1C2)[C@H](N(C)C)C(O)=C(C(=O)NC(C)=O)C31OCCO1. The number of carbonyl (C=O) groups excluding carboxylic acids is 3. The Bertz CT molecular complexity index is 1710. The summed E-state index contributed by atoms with van der Waals surface area (Å²) < 4.78 is 32.2. The van der Waals surface area contributed by atoms with Gasteiger partial charge in [-0.25, -0.2) is 0 Å². The molecule has 14 heteroatoms. The molecule has 0 aromatic heterocycles. The Morgan fingerprint density at radius 1 is 1.02 bits per heavy atom. The minimum Gasteiger partial charge on any atom is -0.511 e. The Morgan fingerprint density at radius 2 is 1.63 bits per heavy atom. The lowest BCUT2D eigenvalue weighted by atomic mass is 9.51. The maximum absolute atomic E-state index is 13.9. The normalized spacial score (nSPS) is 27.5. The largest absolute Gasteiger partial charge is 0.511 e. The zero-order valence-electron chi connectivity index (χ0n) is 32.0. The first-order chi connectivity index (χ1) is 24.3. The highest BCUT2D eigenvalue weighted by atomic mass is 16.7. The number of benzene rings is 1. The Hall–Kier alpha value is -3.53. The summed E-state index contributed by atoms with van der Waals surface area (Å²) in [6, 6.07) is 1.23. The van der Waals surface area contributed by atoms with Crippen molar-refractivity contribution in [3.8, 4) is 5.75 Å². The molecular formula is C38H54N4O10. The van der Waals surface area contributed by atoms with Crippen LogP contribution in [0.3, 0.4) is 0 Å². The Kier molecular flexibility index (Phi) is 9.84. The molecule has 0 bridgehead atoms. The van der Waals surface area contributed by atoms with Gasteiger partial charge in [0.05, 0.1) is 57.1 Å². The topological polar surface area (TPSA) is 168 Å². The van der Waals surface area contributed by atoms with Crippen molar-refractivity contribution in [2.75, 3.05) is 73.2 Å². The molecule has 2 aliphatic heterocycles. The van der Waals surface area contributed by atoms with Crippen molar-refractivity contribution >= 4 is 23.3 Å². The van der Waals surface area contributed by atoms with Gasteiger partial charge in [-0.2, -0.15) is 0 Å². The summed E-state index contributed by atoms with van der Waals surface area (Å²) in [5.41, 5.74) is 1.47. The number of nitrogens with one attached hydrogen (secondary N) is 2. The number of nitrogens with zero attached hydrogens (tertiary/aromatic N) is 2. The summed E-state index contributed by atoms with van der Waals surface area (Å²) in [5.74, 6) is -5.97. The number of Topliss-reactive ketones (excluding diaryl/α,β-unsaturated/α-hetero) is 1. The lowest BCUT2D eigenvalue weighted by Crippen LogP contribution is -2.67. The molecule has 5 aliphatic rings. The summed E-state index contributed by atoms with van der Waals surface area (Å²) in [4.78, 5) is 43.3. The van der Waals surface area contributed by atoms with Gasteiger partial charge in [0, 0.05) is 55.7 Å². The van der Waals surface area contributed by atoms with Crippen LogP contribution in [0.25, 0.3) is 0 Å². The third-order valence-corrected chi connectivity index (χ3v) is 11.3. The van der Waals surface area contributed by atoms with Crippen LogP contribution >= 0.6 is 0 Å². The van der Waals surface area contributed by atoms with Gasteiger partial charge in [0.25, 0.3) is 5.91 Å². The molecule has 2 heterocycles. The first-order valence-corrected chi connectivity index (χ1v) is 17.9. The second-order valence-electron chi connectivity index (χ2n) is 16.2. The number of aliphatic hydroxyl groups is 2. The Labute approximate surface area is 305 Å². The molecule has 3 aliphatic carbocycles. The number of methoxy groups -OCH3 is 1. The predicted octanol–water partition coefficient (Wildman–Crippen LogP) is 2.63. The summed E-state index contributed by atoms with van der Waals surface area (Å²) >= 11 is 0. The lowest BCUT2D eigenvalue weighted by molar-refractivity contribution is -0.245. The fraction of sp³-hybridized carbons (Fsp3) is 0.658.